The Bertz CT molecular complexity index is 864. The van der Waals surface area contributed by atoms with Crippen molar-refractivity contribution in [2.75, 3.05) is 33.0 Å². The zero-order valence-corrected chi connectivity index (χ0v) is 33.8. The van der Waals surface area contributed by atoms with Gasteiger partial charge in [-0.25, -0.2) is 0 Å². The Balaban J connectivity index is 4.23. The molecule has 0 heterocycles. The number of ether oxygens (including phenoxy) is 5. The first-order valence-electron chi connectivity index (χ1n) is 21.0. The molecule has 0 rings (SSSR count). The number of unbranched alkanes of at least 4 members (excludes halogenated alkanes) is 12. The molecule has 0 aliphatic carbocycles. The van der Waals surface area contributed by atoms with Crippen LogP contribution in [0.15, 0.2) is 24.3 Å². The van der Waals surface area contributed by atoms with E-state index < -0.39 is 18.2 Å². The average molecular weight is 739 g/mol. The molecule has 2 atom stereocenters. The first-order chi connectivity index (χ1) is 25.4. The molecule has 9 heteroatoms. The summed E-state index contributed by atoms with van der Waals surface area (Å²) in [4.78, 5) is 37.0. The van der Waals surface area contributed by atoms with Crippen LogP contribution in [0.4, 0.5) is 0 Å². The lowest BCUT2D eigenvalue weighted by Crippen LogP contribution is -2.25. The quantitative estimate of drug-likeness (QED) is 0.0217. The highest BCUT2D eigenvalue weighted by atomic mass is 16.7. The second kappa shape index (κ2) is 38.5. The Morgan fingerprint density at radius 1 is 0.558 bits per heavy atom. The maximum Gasteiger partial charge on any atom is 0.306 e. The minimum Gasteiger partial charge on any atom is -0.465 e. The Morgan fingerprint density at radius 3 is 1.62 bits per heavy atom. The second-order valence-corrected chi connectivity index (χ2v) is 13.9. The number of hydrogen-bond donors (Lipinski definition) is 1. The standard InChI is InChI=1S/C43H78O9/c1-5-9-12-15-18-23-28-39(8-4)52-42(47)30-25-20-19-24-29-40(45)50-36-38(35-44)37-51-41(46)31-32-43(48-33-26-21-16-13-10-6-2)49-34-27-22-17-14-11-7-3/h10-11,13-14,38-39,43-44H,5-9,12,15-37H2,1-4H3/b13-10-,14-11-. The van der Waals surface area contributed by atoms with Crippen molar-refractivity contribution in [1.29, 1.82) is 0 Å². The molecule has 9 nitrogen and oxygen atoms in total. The summed E-state index contributed by atoms with van der Waals surface area (Å²) in [5, 5.41) is 9.75. The van der Waals surface area contributed by atoms with E-state index in [9.17, 15) is 19.5 Å². The van der Waals surface area contributed by atoms with Gasteiger partial charge in [0.05, 0.1) is 32.2 Å². The molecule has 0 radical (unpaired) electrons. The van der Waals surface area contributed by atoms with E-state index in [1.54, 1.807) is 0 Å². The number of carbonyl (C=O) groups excluding carboxylic acids is 3. The lowest BCUT2D eigenvalue weighted by Gasteiger charge is -2.19. The molecule has 1 N–H and O–H groups in total. The molecule has 0 saturated heterocycles. The number of rotatable bonds is 38. The van der Waals surface area contributed by atoms with Crippen LogP contribution in [0.5, 0.6) is 0 Å². The maximum absolute atomic E-state index is 12.5. The normalized spacial score (nSPS) is 12.9. The highest BCUT2D eigenvalue weighted by molar-refractivity contribution is 5.70. The summed E-state index contributed by atoms with van der Waals surface area (Å²) >= 11 is 0. The largest absolute Gasteiger partial charge is 0.465 e. The van der Waals surface area contributed by atoms with E-state index in [0.717, 1.165) is 89.9 Å². The minimum absolute atomic E-state index is 0.0124. The molecule has 0 aromatic carbocycles. The summed E-state index contributed by atoms with van der Waals surface area (Å²) in [6.45, 7) is 9.38. The van der Waals surface area contributed by atoms with E-state index in [4.69, 9.17) is 23.7 Å². The molecule has 0 aliphatic rings. The summed E-state index contributed by atoms with van der Waals surface area (Å²) in [6.07, 6.45) is 29.8. The van der Waals surface area contributed by atoms with Crippen LogP contribution in [0.3, 0.4) is 0 Å². The van der Waals surface area contributed by atoms with Crippen molar-refractivity contribution in [2.45, 2.75) is 194 Å². The highest BCUT2D eigenvalue weighted by Crippen LogP contribution is 2.15. The molecule has 304 valence electrons. The Kier molecular flexibility index (Phi) is 36.8. The number of hydrogen-bond acceptors (Lipinski definition) is 9. The number of allylic oxidation sites excluding steroid dienone is 4. The fourth-order valence-electron chi connectivity index (χ4n) is 5.53. The lowest BCUT2D eigenvalue weighted by atomic mass is 10.1. The molecule has 0 amide bonds. The molecule has 0 aliphatic heterocycles. The first kappa shape index (κ1) is 49.8. The number of aliphatic hydroxyl groups is 1. The van der Waals surface area contributed by atoms with Gasteiger partial charge in [-0.2, -0.15) is 0 Å². The van der Waals surface area contributed by atoms with Gasteiger partial charge < -0.3 is 28.8 Å². The number of carbonyl (C=O) groups is 3. The summed E-state index contributed by atoms with van der Waals surface area (Å²) < 4.78 is 28.4. The van der Waals surface area contributed by atoms with Gasteiger partial charge in [-0.15, -0.1) is 0 Å². The van der Waals surface area contributed by atoms with Crippen molar-refractivity contribution < 1.29 is 43.2 Å². The summed E-state index contributed by atoms with van der Waals surface area (Å²) in [7, 11) is 0. The van der Waals surface area contributed by atoms with Gasteiger partial charge >= 0.3 is 17.9 Å². The van der Waals surface area contributed by atoms with Gasteiger partial charge in [-0.3, -0.25) is 14.4 Å². The van der Waals surface area contributed by atoms with E-state index in [0.29, 0.717) is 32.5 Å². The zero-order valence-electron chi connectivity index (χ0n) is 33.8. The van der Waals surface area contributed by atoms with Gasteiger partial charge in [-0.05, 0) is 83.5 Å². The van der Waals surface area contributed by atoms with Crippen molar-refractivity contribution in [3.63, 3.8) is 0 Å². The van der Waals surface area contributed by atoms with Crippen LogP contribution in [0.2, 0.25) is 0 Å². The fourth-order valence-corrected chi connectivity index (χ4v) is 5.53. The molecular weight excluding hydrogens is 660 g/mol. The molecule has 52 heavy (non-hydrogen) atoms. The lowest BCUT2D eigenvalue weighted by molar-refractivity contribution is -0.161. The SMILES string of the molecule is CC/C=C\CCCCOC(CCC(=O)OCC(CO)COC(=O)CCCCCCC(=O)OC(CC)CCCCCCCC)OCCCC/C=C\CC. The van der Waals surface area contributed by atoms with E-state index >= 15 is 0 Å². The molecule has 0 fully saturated rings. The second-order valence-electron chi connectivity index (χ2n) is 13.9. The van der Waals surface area contributed by atoms with Gasteiger partial charge in [0.2, 0.25) is 0 Å². The van der Waals surface area contributed by atoms with Gasteiger partial charge in [0.1, 0.15) is 6.10 Å². The molecular formula is C43H78O9. The Morgan fingerprint density at radius 2 is 1.08 bits per heavy atom. The first-order valence-corrected chi connectivity index (χ1v) is 21.0. The number of esters is 3. The predicted molar refractivity (Wildman–Crippen MR) is 210 cm³/mol. The van der Waals surface area contributed by atoms with Crippen molar-refractivity contribution in [1.82, 2.24) is 0 Å². The van der Waals surface area contributed by atoms with Gasteiger partial charge in [-0.1, -0.05) is 96.9 Å². The summed E-state index contributed by atoms with van der Waals surface area (Å²) in [5.74, 6) is -1.36. The predicted octanol–water partition coefficient (Wildman–Crippen LogP) is 10.5. The van der Waals surface area contributed by atoms with Gasteiger partial charge in [0.25, 0.3) is 0 Å². The molecule has 0 aromatic rings. The van der Waals surface area contributed by atoms with Crippen LogP contribution in [0, 0.1) is 5.92 Å². The van der Waals surface area contributed by atoms with E-state index in [1.165, 1.54) is 32.1 Å². The third kappa shape index (κ3) is 33.6. The van der Waals surface area contributed by atoms with E-state index in [1.807, 2.05) is 0 Å². The molecule has 0 aromatic heterocycles. The fraction of sp³-hybridized carbons (Fsp3) is 0.837. The van der Waals surface area contributed by atoms with Crippen molar-refractivity contribution >= 4 is 17.9 Å². The molecule has 2 unspecified atom stereocenters. The van der Waals surface area contributed by atoms with Gasteiger partial charge in [0, 0.05) is 32.5 Å². The Hall–Kier alpha value is -2.23. The van der Waals surface area contributed by atoms with Gasteiger partial charge in [0.15, 0.2) is 6.29 Å². The number of aliphatic hydroxyl groups excluding tert-OH is 1. The van der Waals surface area contributed by atoms with Crippen molar-refractivity contribution in [3.8, 4) is 0 Å². The smallest absolute Gasteiger partial charge is 0.306 e. The van der Waals surface area contributed by atoms with Crippen LogP contribution >= 0.6 is 0 Å². The van der Waals surface area contributed by atoms with Crippen molar-refractivity contribution in [3.05, 3.63) is 24.3 Å². The average Bonchev–Trinajstić information content (AvgIpc) is 3.14. The zero-order chi connectivity index (χ0) is 38.3. The summed E-state index contributed by atoms with van der Waals surface area (Å²) in [6, 6.07) is 0. The third-order valence-electron chi connectivity index (χ3n) is 8.89. The Labute approximate surface area is 318 Å². The topological polar surface area (TPSA) is 118 Å². The van der Waals surface area contributed by atoms with Crippen LogP contribution < -0.4 is 0 Å². The highest BCUT2D eigenvalue weighted by Gasteiger charge is 2.17. The molecule has 0 saturated carbocycles. The minimum atomic E-state index is -0.487. The van der Waals surface area contributed by atoms with Crippen LogP contribution in [-0.4, -0.2) is 68.4 Å². The van der Waals surface area contributed by atoms with Crippen LogP contribution in [-0.2, 0) is 38.1 Å². The maximum atomic E-state index is 12.5. The van der Waals surface area contributed by atoms with Crippen LogP contribution in [0.25, 0.3) is 0 Å². The third-order valence-corrected chi connectivity index (χ3v) is 8.89. The van der Waals surface area contributed by atoms with Crippen molar-refractivity contribution in [2.24, 2.45) is 5.92 Å². The van der Waals surface area contributed by atoms with E-state index in [-0.39, 0.29) is 50.7 Å². The molecule has 0 bridgehead atoms. The monoisotopic (exact) mass is 739 g/mol. The van der Waals surface area contributed by atoms with E-state index in [2.05, 4.69) is 52.0 Å². The van der Waals surface area contributed by atoms with Crippen LogP contribution in [0.1, 0.15) is 182 Å². The molecule has 0 spiro atoms. The summed E-state index contributed by atoms with van der Waals surface area (Å²) in [5.41, 5.74) is 0.